The Hall–Kier alpha value is -0.450. The zero-order valence-corrected chi connectivity index (χ0v) is 13.1. The first-order valence-electron chi connectivity index (χ1n) is 7.35. The number of hydroxylamine groups is 2. The zero-order chi connectivity index (χ0) is 14.8. The van der Waals surface area contributed by atoms with Crippen molar-refractivity contribution >= 4 is 6.29 Å². The standard InChI is InChI=1S/C15H29NO3/c1-7-14(5)9-13(18)12(4)15(6,8-2)16(14)19-11(3)10-17/h10-13,18H,7-9H2,1-6H3/t11?,12?,13?,14?,15-/m0/s1. The largest absolute Gasteiger partial charge is 0.393 e. The summed E-state index contributed by atoms with van der Waals surface area (Å²) >= 11 is 0. The highest BCUT2D eigenvalue weighted by Crippen LogP contribution is 2.45. The quantitative estimate of drug-likeness (QED) is 0.781. The smallest absolute Gasteiger partial charge is 0.150 e. The SMILES string of the molecule is CCC1(C)CC(O)C(C)[C@](C)(CC)N1OC(C)C=O. The molecule has 0 aromatic heterocycles. The second-order valence-corrected chi connectivity index (χ2v) is 6.36. The van der Waals surface area contributed by atoms with Gasteiger partial charge < -0.3 is 9.90 Å². The summed E-state index contributed by atoms with van der Waals surface area (Å²) in [6.07, 6.45) is 2.44. The van der Waals surface area contributed by atoms with E-state index in [2.05, 4.69) is 34.6 Å². The van der Waals surface area contributed by atoms with Crippen molar-refractivity contribution in [3.8, 4) is 0 Å². The molecule has 0 aromatic rings. The molecule has 1 aliphatic heterocycles. The van der Waals surface area contributed by atoms with E-state index in [-0.39, 0.29) is 23.1 Å². The van der Waals surface area contributed by atoms with E-state index in [1.165, 1.54) is 0 Å². The number of hydrogen-bond acceptors (Lipinski definition) is 4. The molecule has 1 heterocycles. The van der Waals surface area contributed by atoms with Crippen LogP contribution in [0.2, 0.25) is 0 Å². The average molecular weight is 271 g/mol. The van der Waals surface area contributed by atoms with Crippen molar-refractivity contribution in [2.24, 2.45) is 5.92 Å². The number of aliphatic hydroxyl groups excluding tert-OH is 1. The summed E-state index contributed by atoms with van der Waals surface area (Å²) in [5.74, 6) is 0.107. The van der Waals surface area contributed by atoms with Crippen molar-refractivity contribution < 1.29 is 14.7 Å². The number of hydrogen-bond donors (Lipinski definition) is 1. The Morgan fingerprint density at radius 2 is 2.00 bits per heavy atom. The third kappa shape index (κ3) is 2.86. The van der Waals surface area contributed by atoms with Gasteiger partial charge in [0, 0.05) is 17.0 Å². The molecule has 1 N–H and O–H groups in total. The van der Waals surface area contributed by atoms with E-state index in [1.54, 1.807) is 6.92 Å². The van der Waals surface area contributed by atoms with Crippen molar-refractivity contribution in [2.45, 2.75) is 84.1 Å². The van der Waals surface area contributed by atoms with Crippen LogP contribution in [-0.4, -0.2) is 39.7 Å². The summed E-state index contributed by atoms with van der Waals surface area (Å²) in [6, 6.07) is 0. The lowest BCUT2D eigenvalue weighted by atomic mass is 9.69. The van der Waals surface area contributed by atoms with Crippen LogP contribution in [0.3, 0.4) is 0 Å². The molecular formula is C15H29NO3. The van der Waals surface area contributed by atoms with Crippen LogP contribution in [0.25, 0.3) is 0 Å². The first-order chi connectivity index (χ1) is 8.75. The lowest BCUT2D eigenvalue weighted by Gasteiger charge is -2.58. The van der Waals surface area contributed by atoms with Crippen molar-refractivity contribution in [2.75, 3.05) is 0 Å². The van der Waals surface area contributed by atoms with E-state index >= 15 is 0 Å². The number of carbonyl (C=O) groups excluding carboxylic acids is 1. The fraction of sp³-hybridized carbons (Fsp3) is 0.933. The molecule has 0 radical (unpaired) electrons. The number of aldehydes is 1. The van der Waals surface area contributed by atoms with Gasteiger partial charge in [-0.1, -0.05) is 20.8 Å². The van der Waals surface area contributed by atoms with E-state index in [9.17, 15) is 9.90 Å². The van der Waals surface area contributed by atoms with Crippen LogP contribution in [0.5, 0.6) is 0 Å². The second-order valence-electron chi connectivity index (χ2n) is 6.36. The van der Waals surface area contributed by atoms with Crippen molar-refractivity contribution in [3.63, 3.8) is 0 Å². The zero-order valence-electron chi connectivity index (χ0n) is 13.1. The molecule has 0 bridgehead atoms. The van der Waals surface area contributed by atoms with E-state index in [4.69, 9.17) is 4.84 Å². The van der Waals surface area contributed by atoms with Crippen LogP contribution in [0, 0.1) is 5.92 Å². The summed E-state index contributed by atoms with van der Waals surface area (Å²) in [7, 11) is 0. The van der Waals surface area contributed by atoms with Gasteiger partial charge >= 0.3 is 0 Å². The van der Waals surface area contributed by atoms with E-state index in [0.717, 1.165) is 19.1 Å². The Balaban J connectivity index is 3.16. The second kappa shape index (κ2) is 5.90. The lowest BCUT2D eigenvalue weighted by molar-refractivity contribution is -0.327. The number of aliphatic hydroxyl groups is 1. The molecular weight excluding hydrogens is 242 g/mol. The molecule has 0 spiro atoms. The van der Waals surface area contributed by atoms with Crippen LogP contribution in [0.1, 0.15) is 60.8 Å². The molecule has 0 saturated carbocycles. The first-order valence-corrected chi connectivity index (χ1v) is 7.35. The lowest BCUT2D eigenvalue weighted by Crippen LogP contribution is -2.68. The fourth-order valence-corrected chi connectivity index (χ4v) is 3.12. The number of rotatable bonds is 5. The Bertz CT molecular complexity index is 323. The molecule has 19 heavy (non-hydrogen) atoms. The minimum Gasteiger partial charge on any atom is -0.393 e. The predicted octanol–water partition coefficient (Wildman–Crippen LogP) is 2.55. The Morgan fingerprint density at radius 1 is 1.42 bits per heavy atom. The highest BCUT2D eigenvalue weighted by atomic mass is 16.7. The highest BCUT2D eigenvalue weighted by molar-refractivity contribution is 5.55. The van der Waals surface area contributed by atoms with Gasteiger partial charge in [-0.3, -0.25) is 4.84 Å². The van der Waals surface area contributed by atoms with Crippen molar-refractivity contribution in [3.05, 3.63) is 0 Å². The molecule has 1 saturated heterocycles. The van der Waals surface area contributed by atoms with Gasteiger partial charge in [0.1, 0.15) is 6.10 Å². The molecule has 1 rings (SSSR count). The van der Waals surface area contributed by atoms with E-state index in [1.807, 2.05) is 5.06 Å². The molecule has 4 nitrogen and oxygen atoms in total. The van der Waals surface area contributed by atoms with Crippen molar-refractivity contribution in [1.29, 1.82) is 0 Å². The molecule has 4 unspecified atom stereocenters. The third-order valence-electron chi connectivity index (χ3n) is 5.10. The normalized spacial score (nSPS) is 42.1. The van der Waals surface area contributed by atoms with Crippen LogP contribution in [0.15, 0.2) is 0 Å². The average Bonchev–Trinajstić information content (AvgIpc) is 2.41. The fourth-order valence-electron chi connectivity index (χ4n) is 3.12. The van der Waals surface area contributed by atoms with Crippen LogP contribution < -0.4 is 0 Å². The first kappa shape index (κ1) is 16.6. The predicted molar refractivity (Wildman–Crippen MR) is 75.6 cm³/mol. The molecule has 0 aliphatic carbocycles. The van der Waals surface area contributed by atoms with Crippen LogP contribution >= 0.6 is 0 Å². The molecule has 112 valence electrons. The Kier molecular flexibility index (Phi) is 5.15. The maximum atomic E-state index is 10.9. The number of nitrogens with zero attached hydrogens (tertiary/aromatic N) is 1. The minimum atomic E-state index is -0.459. The van der Waals surface area contributed by atoms with Gasteiger partial charge in [0.25, 0.3) is 0 Å². The van der Waals surface area contributed by atoms with Gasteiger partial charge in [-0.25, -0.2) is 0 Å². The minimum absolute atomic E-state index is 0.107. The Morgan fingerprint density at radius 3 is 2.42 bits per heavy atom. The van der Waals surface area contributed by atoms with Gasteiger partial charge in [0.2, 0.25) is 0 Å². The van der Waals surface area contributed by atoms with Gasteiger partial charge in [-0.2, -0.15) is 5.06 Å². The maximum absolute atomic E-state index is 10.9. The summed E-state index contributed by atoms with van der Waals surface area (Å²) in [5, 5.41) is 12.4. The maximum Gasteiger partial charge on any atom is 0.150 e. The van der Waals surface area contributed by atoms with Gasteiger partial charge in [-0.05, 0) is 40.0 Å². The molecule has 4 heteroatoms. The topological polar surface area (TPSA) is 49.8 Å². The summed E-state index contributed by atoms with van der Waals surface area (Å²) < 4.78 is 0. The van der Waals surface area contributed by atoms with E-state index in [0.29, 0.717) is 6.42 Å². The number of piperidine rings is 1. The molecule has 1 aliphatic rings. The van der Waals surface area contributed by atoms with E-state index < -0.39 is 6.10 Å². The Labute approximate surface area is 117 Å². The monoisotopic (exact) mass is 271 g/mol. The molecule has 5 atom stereocenters. The summed E-state index contributed by atoms with van der Waals surface area (Å²) in [4.78, 5) is 16.8. The van der Waals surface area contributed by atoms with Crippen molar-refractivity contribution in [1.82, 2.24) is 5.06 Å². The summed E-state index contributed by atoms with van der Waals surface area (Å²) in [5.41, 5.74) is -0.506. The third-order valence-corrected chi connectivity index (χ3v) is 5.10. The molecule has 1 fully saturated rings. The number of carbonyl (C=O) groups is 1. The van der Waals surface area contributed by atoms with Crippen LogP contribution in [0.4, 0.5) is 0 Å². The highest BCUT2D eigenvalue weighted by Gasteiger charge is 2.53. The van der Waals surface area contributed by atoms with Crippen LogP contribution in [-0.2, 0) is 9.63 Å². The molecule has 0 aromatic carbocycles. The van der Waals surface area contributed by atoms with Gasteiger partial charge in [-0.15, -0.1) is 0 Å². The summed E-state index contributed by atoms with van der Waals surface area (Å²) in [6.45, 7) is 12.2. The van der Waals surface area contributed by atoms with Gasteiger partial charge in [0.05, 0.1) is 6.10 Å². The van der Waals surface area contributed by atoms with Gasteiger partial charge in [0.15, 0.2) is 6.29 Å². The molecule has 0 amide bonds.